The first-order valence-electron chi connectivity index (χ1n) is 20.0. The molecular formula is C41H80O2. The van der Waals surface area contributed by atoms with Gasteiger partial charge in [-0.15, -0.1) is 0 Å². The van der Waals surface area contributed by atoms with Gasteiger partial charge in [-0.3, -0.25) is 4.79 Å². The van der Waals surface area contributed by atoms with Crippen LogP contribution in [0.2, 0.25) is 0 Å². The van der Waals surface area contributed by atoms with Crippen molar-refractivity contribution in [1.82, 2.24) is 0 Å². The molecule has 0 rings (SSSR count). The first kappa shape index (κ1) is 42.2. The van der Waals surface area contributed by atoms with Gasteiger partial charge in [-0.05, 0) is 38.0 Å². The molecule has 0 aliphatic heterocycles. The van der Waals surface area contributed by atoms with Crippen LogP contribution >= 0.6 is 0 Å². The molecule has 0 bridgehead atoms. The second kappa shape index (κ2) is 35.7. The van der Waals surface area contributed by atoms with Crippen LogP contribution < -0.4 is 0 Å². The molecule has 0 amide bonds. The summed E-state index contributed by atoms with van der Waals surface area (Å²) in [6, 6.07) is 0. The van der Waals surface area contributed by atoms with Gasteiger partial charge in [0.2, 0.25) is 0 Å². The Labute approximate surface area is 272 Å². The van der Waals surface area contributed by atoms with Crippen LogP contribution in [0.3, 0.4) is 0 Å². The Bertz CT molecular complexity index is 568. The molecule has 0 spiro atoms. The summed E-state index contributed by atoms with van der Waals surface area (Å²) >= 11 is 0. The summed E-state index contributed by atoms with van der Waals surface area (Å²) in [6.07, 6.45) is 48.4. The fraction of sp³-hybridized carbons (Fsp3) is 0.927. The van der Waals surface area contributed by atoms with Gasteiger partial charge >= 0.3 is 5.97 Å². The van der Waals surface area contributed by atoms with Crippen molar-refractivity contribution < 1.29 is 9.90 Å². The average molecular weight is 605 g/mol. The zero-order valence-corrected chi connectivity index (χ0v) is 30.0. The molecule has 0 saturated heterocycles. The van der Waals surface area contributed by atoms with Crippen molar-refractivity contribution >= 4 is 5.97 Å². The van der Waals surface area contributed by atoms with Gasteiger partial charge in [-0.2, -0.15) is 0 Å². The van der Waals surface area contributed by atoms with Gasteiger partial charge in [-0.25, -0.2) is 0 Å². The average Bonchev–Trinajstić information content (AvgIpc) is 3.00. The lowest BCUT2D eigenvalue weighted by molar-refractivity contribution is -0.142. The van der Waals surface area contributed by atoms with E-state index in [4.69, 9.17) is 0 Å². The Balaban J connectivity index is 3.47. The molecule has 0 saturated carbocycles. The van der Waals surface area contributed by atoms with E-state index in [0.717, 1.165) is 31.6 Å². The first-order valence-corrected chi connectivity index (χ1v) is 20.0. The number of hydrogen-bond acceptors (Lipinski definition) is 1. The Morgan fingerprint density at radius 1 is 0.465 bits per heavy atom. The minimum atomic E-state index is -0.558. The van der Waals surface area contributed by atoms with Crippen LogP contribution in [-0.4, -0.2) is 11.1 Å². The highest BCUT2D eigenvalue weighted by atomic mass is 16.4. The third-order valence-electron chi connectivity index (χ3n) is 9.66. The molecule has 0 aromatic carbocycles. The number of allylic oxidation sites excluding steroid dienone is 2. The minimum absolute atomic E-state index is 0.106. The van der Waals surface area contributed by atoms with Crippen molar-refractivity contribution in [2.45, 2.75) is 233 Å². The fourth-order valence-electron chi connectivity index (χ4n) is 6.54. The van der Waals surface area contributed by atoms with Crippen molar-refractivity contribution in [3.8, 4) is 0 Å². The van der Waals surface area contributed by atoms with Gasteiger partial charge in [-0.1, -0.05) is 213 Å². The molecule has 2 heteroatoms. The maximum atomic E-state index is 11.7. The lowest BCUT2D eigenvalue weighted by atomic mass is 9.94. The zero-order chi connectivity index (χ0) is 31.5. The maximum absolute atomic E-state index is 11.7. The molecule has 1 N–H and O–H groups in total. The Hall–Kier alpha value is -0.790. The number of carbonyl (C=O) groups is 1. The quantitative estimate of drug-likeness (QED) is 0.0570. The maximum Gasteiger partial charge on any atom is 0.306 e. The van der Waals surface area contributed by atoms with Crippen LogP contribution in [0.1, 0.15) is 233 Å². The highest BCUT2D eigenvalue weighted by molar-refractivity contribution is 5.69. The summed E-state index contributed by atoms with van der Waals surface area (Å²) in [6.45, 7) is 6.95. The molecule has 2 atom stereocenters. The number of carboxylic acids is 1. The lowest BCUT2D eigenvalue weighted by Crippen LogP contribution is -2.13. The van der Waals surface area contributed by atoms with Crippen LogP contribution in [0.5, 0.6) is 0 Å². The van der Waals surface area contributed by atoms with Gasteiger partial charge in [0.15, 0.2) is 0 Å². The summed E-state index contributed by atoms with van der Waals surface area (Å²) in [5.74, 6) is 0.0755. The van der Waals surface area contributed by atoms with Gasteiger partial charge in [0.25, 0.3) is 0 Å². The number of aliphatic carboxylic acids is 1. The lowest BCUT2D eigenvalue weighted by Gasteiger charge is -2.12. The molecule has 0 aliphatic rings. The standard InChI is InChI=1S/C41H80O2/c1-4-6-8-10-12-14-15-16-17-18-21-25-29-33-37-40(41(42)43)38-34-30-26-22-19-20-24-28-32-36-39(3)35-31-27-23-13-11-9-7-5-2/h31,35,39-40H,4-30,32-34,36-38H2,1-3H3,(H,42,43). The number of hydrogen-bond donors (Lipinski definition) is 1. The van der Waals surface area contributed by atoms with Gasteiger partial charge in [0.05, 0.1) is 5.92 Å². The van der Waals surface area contributed by atoms with E-state index < -0.39 is 5.97 Å². The van der Waals surface area contributed by atoms with E-state index in [1.54, 1.807) is 0 Å². The third kappa shape index (κ3) is 33.9. The highest BCUT2D eigenvalue weighted by Gasteiger charge is 2.16. The van der Waals surface area contributed by atoms with Crippen molar-refractivity contribution in [2.24, 2.45) is 11.8 Å². The van der Waals surface area contributed by atoms with E-state index in [1.807, 2.05) is 0 Å². The van der Waals surface area contributed by atoms with Crippen LogP contribution in [-0.2, 0) is 4.79 Å². The van der Waals surface area contributed by atoms with Gasteiger partial charge < -0.3 is 5.11 Å². The van der Waals surface area contributed by atoms with Gasteiger partial charge in [0.1, 0.15) is 0 Å². The van der Waals surface area contributed by atoms with Crippen LogP contribution in [0.4, 0.5) is 0 Å². The van der Waals surface area contributed by atoms with E-state index in [-0.39, 0.29) is 5.92 Å². The summed E-state index contributed by atoms with van der Waals surface area (Å²) < 4.78 is 0. The predicted molar refractivity (Wildman–Crippen MR) is 193 cm³/mol. The number of unbranched alkanes of at least 4 members (excludes halogenated alkanes) is 27. The smallest absolute Gasteiger partial charge is 0.306 e. The molecule has 43 heavy (non-hydrogen) atoms. The van der Waals surface area contributed by atoms with E-state index >= 15 is 0 Å². The van der Waals surface area contributed by atoms with E-state index in [1.165, 1.54) is 186 Å². The van der Waals surface area contributed by atoms with Gasteiger partial charge in [0, 0.05) is 0 Å². The van der Waals surface area contributed by atoms with Crippen LogP contribution in [0, 0.1) is 11.8 Å². The summed E-state index contributed by atoms with van der Waals surface area (Å²) in [5.41, 5.74) is 0. The molecule has 0 radical (unpaired) electrons. The Kier molecular flexibility index (Phi) is 35.0. The number of rotatable bonds is 36. The third-order valence-corrected chi connectivity index (χ3v) is 9.66. The van der Waals surface area contributed by atoms with Crippen LogP contribution in [0.15, 0.2) is 12.2 Å². The molecule has 0 fully saturated rings. The molecule has 256 valence electrons. The monoisotopic (exact) mass is 605 g/mol. The van der Waals surface area contributed by atoms with Crippen LogP contribution in [0.25, 0.3) is 0 Å². The first-order chi connectivity index (χ1) is 21.1. The molecule has 2 nitrogen and oxygen atoms in total. The Morgan fingerprint density at radius 2 is 0.767 bits per heavy atom. The SMILES string of the molecule is CCCCCCCCC=CC(C)CCCCCCCCCCCC(CCCCCCCCCCCCCCCC)C(=O)O. The molecule has 0 aliphatic carbocycles. The topological polar surface area (TPSA) is 37.3 Å². The van der Waals surface area contributed by atoms with E-state index in [2.05, 4.69) is 32.9 Å². The van der Waals surface area contributed by atoms with Crippen molar-refractivity contribution in [1.29, 1.82) is 0 Å². The molecule has 0 heterocycles. The summed E-state index contributed by atoms with van der Waals surface area (Å²) in [7, 11) is 0. The predicted octanol–water partition coefficient (Wildman–Crippen LogP) is 14.8. The van der Waals surface area contributed by atoms with Crippen molar-refractivity contribution in [2.75, 3.05) is 0 Å². The van der Waals surface area contributed by atoms with E-state index in [9.17, 15) is 9.90 Å². The van der Waals surface area contributed by atoms with Crippen molar-refractivity contribution in [3.05, 3.63) is 12.2 Å². The molecule has 0 aromatic heterocycles. The molecule has 0 aromatic rings. The second-order valence-electron chi connectivity index (χ2n) is 14.1. The normalized spacial score (nSPS) is 13.2. The van der Waals surface area contributed by atoms with Crippen molar-refractivity contribution in [3.63, 3.8) is 0 Å². The molecular weight excluding hydrogens is 524 g/mol. The second-order valence-corrected chi connectivity index (χ2v) is 14.1. The highest BCUT2D eigenvalue weighted by Crippen LogP contribution is 2.21. The summed E-state index contributed by atoms with van der Waals surface area (Å²) in [5, 5.41) is 9.65. The largest absolute Gasteiger partial charge is 0.481 e. The number of carboxylic acid groups (broad SMARTS) is 1. The fourth-order valence-corrected chi connectivity index (χ4v) is 6.54. The minimum Gasteiger partial charge on any atom is -0.481 e. The van der Waals surface area contributed by atoms with E-state index in [0.29, 0.717) is 0 Å². The Morgan fingerprint density at radius 3 is 1.12 bits per heavy atom. The zero-order valence-electron chi connectivity index (χ0n) is 30.0. The summed E-state index contributed by atoms with van der Waals surface area (Å²) in [4.78, 5) is 11.7. The molecule has 2 unspecified atom stereocenters.